The lowest BCUT2D eigenvalue weighted by atomic mass is 10.2. The molecule has 1 aromatic carbocycles. The topological polar surface area (TPSA) is 26.3 Å². The van der Waals surface area contributed by atoms with Gasteiger partial charge in [0, 0.05) is 11.7 Å². The fraction of sp³-hybridized carbons (Fsp3) is 0.333. The summed E-state index contributed by atoms with van der Waals surface area (Å²) in [5, 5.41) is 1.30. The van der Waals surface area contributed by atoms with Crippen LogP contribution in [0.5, 0.6) is 0 Å². The van der Waals surface area contributed by atoms with Gasteiger partial charge in [-0.15, -0.1) is 0 Å². The molecule has 96 valence electrons. The molecule has 0 saturated heterocycles. The highest BCUT2D eigenvalue weighted by atomic mass is 31.1. The summed E-state index contributed by atoms with van der Waals surface area (Å²) in [6.07, 6.45) is 7.70. The molecular formula is C15H19O2P. The van der Waals surface area contributed by atoms with Crippen LogP contribution in [0.4, 0.5) is 0 Å². The van der Waals surface area contributed by atoms with Crippen molar-refractivity contribution in [1.29, 1.82) is 0 Å². The Kier molecular flexibility index (Phi) is 7.83. The molecule has 0 N–H and O–H groups in total. The molecule has 18 heavy (non-hydrogen) atoms. The van der Waals surface area contributed by atoms with Crippen LogP contribution in [0.1, 0.15) is 25.7 Å². The van der Waals surface area contributed by atoms with E-state index in [1.807, 2.05) is 18.2 Å². The van der Waals surface area contributed by atoms with Gasteiger partial charge in [-0.3, -0.25) is 4.79 Å². The van der Waals surface area contributed by atoms with Gasteiger partial charge in [0.15, 0.2) is 0 Å². The van der Waals surface area contributed by atoms with Crippen LogP contribution in [0.2, 0.25) is 0 Å². The summed E-state index contributed by atoms with van der Waals surface area (Å²) in [6.45, 7) is 0. The molecule has 1 aromatic rings. The number of esters is 1. The van der Waals surface area contributed by atoms with Crippen LogP contribution in [-0.2, 0) is 9.53 Å². The molecule has 0 heterocycles. The van der Waals surface area contributed by atoms with Crippen LogP contribution < -0.4 is 5.30 Å². The van der Waals surface area contributed by atoms with Crippen molar-refractivity contribution in [2.24, 2.45) is 0 Å². The van der Waals surface area contributed by atoms with Gasteiger partial charge in [0.25, 0.3) is 0 Å². The minimum atomic E-state index is -0.117. The van der Waals surface area contributed by atoms with Gasteiger partial charge in [-0.05, 0) is 25.1 Å². The number of carbonyl (C=O) groups is 1. The maximum atomic E-state index is 10.9. The Hall–Kier alpha value is -1.40. The number of carbonyl (C=O) groups excluding carboxylic acids is 1. The minimum Gasteiger partial charge on any atom is -0.469 e. The maximum absolute atomic E-state index is 10.9. The number of rotatable bonds is 7. The van der Waals surface area contributed by atoms with Crippen molar-refractivity contribution in [3.63, 3.8) is 0 Å². The van der Waals surface area contributed by atoms with Crippen LogP contribution >= 0.6 is 8.20 Å². The van der Waals surface area contributed by atoms with Crippen molar-refractivity contribution in [2.75, 3.05) is 7.11 Å². The largest absolute Gasteiger partial charge is 0.469 e. The van der Waals surface area contributed by atoms with E-state index in [0.717, 1.165) is 19.3 Å². The van der Waals surface area contributed by atoms with Crippen LogP contribution in [0, 0.1) is 0 Å². The predicted octanol–water partition coefficient (Wildman–Crippen LogP) is 3.35. The number of hydrogen-bond acceptors (Lipinski definition) is 2. The highest BCUT2D eigenvalue weighted by Crippen LogP contribution is 2.02. The maximum Gasteiger partial charge on any atom is 0.305 e. The zero-order chi connectivity index (χ0) is 13.1. The number of ether oxygens (including phenoxy) is 1. The zero-order valence-corrected chi connectivity index (χ0v) is 11.6. The summed E-state index contributed by atoms with van der Waals surface area (Å²) < 4.78 is 4.58. The second kappa shape index (κ2) is 9.61. The Morgan fingerprint density at radius 2 is 2.06 bits per heavy atom. The molecule has 0 amide bonds. The third kappa shape index (κ3) is 7.03. The van der Waals surface area contributed by atoms with Crippen molar-refractivity contribution in [1.82, 2.24) is 0 Å². The first-order valence-electron chi connectivity index (χ1n) is 6.14. The monoisotopic (exact) mass is 262 g/mol. The van der Waals surface area contributed by atoms with Crippen molar-refractivity contribution >= 4 is 25.3 Å². The summed E-state index contributed by atoms with van der Waals surface area (Å²) >= 11 is 0. The number of unbranched alkanes of at least 4 members (excludes halogenated alkanes) is 2. The molecule has 0 saturated carbocycles. The van der Waals surface area contributed by atoms with Crippen LogP contribution in [0.3, 0.4) is 0 Å². The van der Waals surface area contributed by atoms with Crippen molar-refractivity contribution < 1.29 is 9.53 Å². The van der Waals surface area contributed by atoms with Crippen molar-refractivity contribution in [3.8, 4) is 0 Å². The Balaban J connectivity index is 2.11. The molecule has 0 unspecified atom stereocenters. The average molecular weight is 262 g/mol. The molecule has 3 heteroatoms. The number of methoxy groups -OCH3 is 1. The van der Waals surface area contributed by atoms with Crippen molar-refractivity contribution in [3.05, 3.63) is 42.5 Å². The standard InChI is InChI=1S/C15H19O2P/c1-17-15(16)12-8-3-2-4-9-13-18-14-10-6-5-7-11-14/h4-7,9-11,13H,2-3,8,12H2,1H3. The van der Waals surface area contributed by atoms with Gasteiger partial charge in [0.2, 0.25) is 0 Å². The van der Waals surface area contributed by atoms with Gasteiger partial charge in [0.05, 0.1) is 7.11 Å². The predicted molar refractivity (Wildman–Crippen MR) is 78.7 cm³/mol. The SMILES string of the molecule is COC(=O)CCCCC=CC=Pc1ccccc1. The highest BCUT2D eigenvalue weighted by Gasteiger charge is 1.97. The van der Waals surface area contributed by atoms with E-state index < -0.39 is 0 Å². The van der Waals surface area contributed by atoms with Crippen LogP contribution in [0.25, 0.3) is 0 Å². The molecule has 2 nitrogen and oxygen atoms in total. The first-order valence-corrected chi connectivity index (χ1v) is 7.10. The summed E-state index contributed by atoms with van der Waals surface area (Å²) in [6, 6.07) is 10.3. The highest BCUT2D eigenvalue weighted by molar-refractivity contribution is 7.47. The first-order chi connectivity index (χ1) is 8.83. The van der Waals surface area contributed by atoms with Gasteiger partial charge < -0.3 is 4.74 Å². The van der Waals surface area contributed by atoms with E-state index in [1.54, 1.807) is 0 Å². The quantitative estimate of drug-likeness (QED) is 0.428. The second-order valence-electron chi connectivity index (χ2n) is 3.86. The fourth-order valence-corrected chi connectivity index (χ4v) is 2.16. The van der Waals surface area contributed by atoms with Gasteiger partial charge in [-0.25, -0.2) is 0 Å². The van der Waals surface area contributed by atoms with Gasteiger partial charge in [-0.1, -0.05) is 50.7 Å². The van der Waals surface area contributed by atoms with Gasteiger partial charge in [0.1, 0.15) is 0 Å². The molecule has 0 aromatic heterocycles. The molecule has 0 aliphatic heterocycles. The Labute approximate surface area is 110 Å². The van der Waals surface area contributed by atoms with Crippen LogP contribution in [0.15, 0.2) is 42.5 Å². The molecule has 0 radical (unpaired) electrons. The molecule has 0 spiro atoms. The molecule has 1 rings (SSSR count). The molecular weight excluding hydrogens is 243 g/mol. The van der Waals surface area contributed by atoms with E-state index in [1.165, 1.54) is 20.6 Å². The van der Waals surface area contributed by atoms with Crippen LogP contribution in [-0.4, -0.2) is 18.9 Å². The lowest BCUT2D eigenvalue weighted by molar-refractivity contribution is -0.140. The molecule has 0 bridgehead atoms. The Morgan fingerprint density at radius 1 is 1.28 bits per heavy atom. The smallest absolute Gasteiger partial charge is 0.305 e. The minimum absolute atomic E-state index is 0.117. The van der Waals surface area contributed by atoms with Crippen molar-refractivity contribution in [2.45, 2.75) is 25.7 Å². The number of hydrogen-bond donors (Lipinski definition) is 0. The number of benzene rings is 1. The molecule has 0 atom stereocenters. The zero-order valence-electron chi connectivity index (χ0n) is 10.7. The van der Waals surface area contributed by atoms with Gasteiger partial charge >= 0.3 is 5.97 Å². The van der Waals surface area contributed by atoms with E-state index in [-0.39, 0.29) is 5.97 Å². The first kappa shape index (κ1) is 14.7. The number of allylic oxidation sites excluding steroid dienone is 2. The average Bonchev–Trinajstić information content (AvgIpc) is 2.42. The second-order valence-corrected chi connectivity index (χ2v) is 4.94. The third-order valence-corrected chi connectivity index (χ3v) is 3.35. The normalized spacial score (nSPS) is 11.2. The van der Waals surface area contributed by atoms with E-state index >= 15 is 0 Å². The lowest BCUT2D eigenvalue weighted by Gasteiger charge is -1.96. The van der Waals surface area contributed by atoms with E-state index in [0.29, 0.717) is 6.42 Å². The summed E-state index contributed by atoms with van der Waals surface area (Å²) in [5.74, 6) is 2.02. The fourth-order valence-electron chi connectivity index (χ4n) is 1.43. The lowest BCUT2D eigenvalue weighted by Crippen LogP contribution is -1.98. The molecule has 0 aliphatic rings. The summed E-state index contributed by atoms with van der Waals surface area (Å²) in [5.41, 5.74) is 0. The van der Waals surface area contributed by atoms with E-state index in [2.05, 4.69) is 34.8 Å². The molecule has 0 aliphatic carbocycles. The Morgan fingerprint density at radius 3 is 2.78 bits per heavy atom. The van der Waals surface area contributed by atoms with E-state index in [9.17, 15) is 4.79 Å². The summed E-state index contributed by atoms with van der Waals surface area (Å²) in [4.78, 5) is 10.9. The van der Waals surface area contributed by atoms with Gasteiger partial charge in [-0.2, -0.15) is 0 Å². The Bertz CT molecular complexity index is 396. The van der Waals surface area contributed by atoms with E-state index in [4.69, 9.17) is 0 Å². The summed E-state index contributed by atoms with van der Waals surface area (Å²) in [7, 11) is 2.65. The molecule has 0 fully saturated rings. The third-order valence-electron chi connectivity index (χ3n) is 2.43.